The first-order valence-corrected chi connectivity index (χ1v) is 8.15. The van der Waals surface area contributed by atoms with Crippen molar-refractivity contribution >= 4 is 23.4 Å². The standard InChI is InChI=1S/C15H24N2O2S/c1-4-19-13-8-6-7-12(16)14(13)15(18)17-11(3)9-10-20-5-2/h6-8,11H,4-5,9-10,16H2,1-3H3,(H,17,18). The van der Waals surface area contributed by atoms with Crippen LogP contribution < -0.4 is 15.8 Å². The van der Waals surface area contributed by atoms with E-state index >= 15 is 0 Å². The maximum absolute atomic E-state index is 12.3. The Labute approximate surface area is 125 Å². The highest BCUT2D eigenvalue weighted by atomic mass is 32.2. The van der Waals surface area contributed by atoms with Gasteiger partial charge in [-0.05, 0) is 43.9 Å². The Morgan fingerprint density at radius 2 is 2.20 bits per heavy atom. The number of hydrogen-bond acceptors (Lipinski definition) is 4. The van der Waals surface area contributed by atoms with Gasteiger partial charge in [-0.25, -0.2) is 0 Å². The molecule has 1 atom stereocenters. The number of thioether (sulfide) groups is 1. The van der Waals surface area contributed by atoms with Gasteiger partial charge < -0.3 is 15.8 Å². The average Bonchev–Trinajstić information content (AvgIpc) is 2.39. The molecule has 0 heterocycles. The van der Waals surface area contributed by atoms with Crippen LogP contribution in [0.2, 0.25) is 0 Å². The van der Waals surface area contributed by atoms with Crippen molar-refractivity contribution in [1.29, 1.82) is 0 Å². The zero-order valence-corrected chi connectivity index (χ0v) is 13.3. The van der Waals surface area contributed by atoms with Crippen LogP contribution in [-0.2, 0) is 0 Å². The Hall–Kier alpha value is -1.36. The van der Waals surface area contributed by atoms with Gasteiger partial charge in [-0.3, -0.25) is 4.79 Å². The molecule has 0 spiro atoms. The summed E-state index contributed by atoms with van der Waals surface area (Å²) < 4.78 is 5.47. The van der Waals surface area contributed by atoms with Gasteiger partial charge in [-0.2, -0.15) is 11.8 Å². The van der Waals surface area contributed by atoms with E-state index in [4.69, 9.17) is 10.5 Å². The SMILES string of the molecule is CCOc1cccc(N)c1C(=O)NC(C)CCSCC. The summed E-state index contributed by atoms with van der Waals surface area (Å²) in [7, 11) is 0. The second-order valence-electron chi connectivity index (χ2n) is 4.51. The Balaban J connectivity index is 2.71. The van der Waals surface area contributed by atoms with E-state index in [1.165, 1.54) is 0 Å². The molecule has 1 rings (SSSR count). The highest BCUT2D eigenvalue weighted by Crippen LogP contribution is 2.24. The molecule has 4 nitrogen and oxygen atoms in total. The lowest BCUT2D eigenvalue weighted by Crippen LogP contribution is -2.33. The first kappa shape index (κ1) is 16.7. The number of nitrogens with two attached hydrogens (primary N) is 1. The molecule has 3 N–H and O–H groups in total. The lowest BCUT2D eigenvalue weighted by atomic mass is 10.1. The van der Waals surface area contributed by atoms with E-state index in [1.807, 2.05) is 25.6 Å². The highest BCUT2D eigenvalue weighted by molar-refractivity contribution is 7.99. The molecule has 0 bridgehead atoms. The Morgan fingerprint density at radius 3 is 2.85 bits per heavy atom. The van der Waals surface area contributed by atoms with E-state index < -0.39 is 0 Å². The third kappa shape index (κ3) is 4.96. The maximum atomic E-state index is 12.3. The minimum atomic E-state index is -0.166. The molecular formula is C15H24N2O2S. The summed E-state index contributed by atoms with van der Waals surface area (Å²) in [6, 6.07) is 5.40. The Morgan fingerprint density at radius 1 is 1.45 bits per heavy atom. The van der Waals surface area contributed by atoms with E-state index in [-0.39, 0.29) is 11.9 Å². The second-order valence-corrected chi connectivity index (χ2v) is 5.91. The molecule has 112 valence electrons. The molecule has 0 radical (unpaired) electrons. The minimum absolute atomic E-state index is 0.121. The lowest BCUT2D eigenvalue weighted by molar-refractivity contribution is 0.0936. The summed E-state index contributed by atoms with van der Waals surface area (Å²) in [5.74, 6) is 2.52. The van der Waals surface area contributed by atoms with Crippen LogP contribution in [0.4, 0.5) is 5.69 Å². The summed E-state index contributed by atoms with van der Waals surface area (Å²) in [5.41, 5.74) is 6.79. The zero-order valence-electron chi connectivity index (χ0n) is 12.4. The van der Waals surface area contributed by atoms with Gasteiger partial charge in [0, 0.05) is 11.7 Å². The monoisotopic (exact) mass is 296 g/mol. The van der Waals surface area contributed by atoms with Crippen molar-refractivity contribution in [3.63, 3.8) is 0 Å². The van der Waals surface area contributed by atoms with E-state index in [1.54, 1.807) is 18.2 Å². The van der Waals surface area contributed by atoms with E-state index in [0.29, 0.717) is 23.6 Å². The van der Waals surface area contributed by atoms with Crippen LogP contribution in [0.3, 0.4) is 0 Å². The van der Waals surface area contributed by atoms with Gasteiger partial charge >= 0.3 is 0 Å². The van der Waals surface area contributed by atoms with Gasteiger partial charge in [0.1, 0.15) is 11.3 Å². The van der Waals surface area contributed by atoms with Crippen LogP contribution in [0.15, 0.2) is 18.2 Å². The Bertz CT molecular complexity index is 438. The second kappa shape index (κ2) is 8.74. The summed E-state index contributed by atoms with van der Waals surface area (Å²) in [6.07, 6.45) is 0.945. The topological polar surface area (TPSA) is 64.3 Å². The van der Waals surface area contributed by atoms with Gasteiger partial charge in [0.25, 0.3) is 5.91 Å². The number of nitrogen functional groups attached to an aromatic ring is 1. The van der Waals surface area contributed by atoms with Gasteiger partial charge in [-0.15, -0.1) is 0 Å². The summed E-state index contributed by atoms with van der Waals surface area (Å²) >= 11 is 1.87. The van der Waals surface area contributed by atoms with E-state index in [2.05, 4.69) is 12.2 Å². The number of hydrogen-bond donors (Lipinski definition) is 2. The van der Waals surface area contributed by atoms with Gasteiger partial charge in [0.2, 0.25) is 0 Å². The molecule has 0 aliphatic carbocycles. The maximum Gasteiger partial charge on any atom is 0.257 e. The number of rotatable bonds is 8. The molecule has 20 heavy (non-hydrogen) atoms. The number of carbonyl (C=O) groups is 1. The molecule has 0 saturated heterocycles. The fraction of sp³-hybridized carbons (Fsp3) is 0.533. The molecule has 1 amide bonds. The first-order valence-electron chi connectivity index (χ1n) is 7.00. The number of benzene rings is 1. The summed E-state index contributed by atoms with van der Waals surface area (Å²) in [4.78, 5) is 12.3. The van der Waals surface area contributed by atoms with Crippen molar-refractivity contribution in [3.8, 4) is 5.75 Å². The number of carbonyl (C=O) groups excluding carboxylic acids is 1. The highest BCUT2D eigenvalue weighted by Gasteiger charge is 2.17. The third-order valence-corrected chi connectivity index (χ3v) is 3.79. The smallest absolute Gasteiger partial charge is 0.257 e. The average molecular weight is 296 g/mol. The molecule has 0 aliphatic heterocycles. The van der Waals surface area contributed by atoms with Crippen molar-refractivity contribution in [3.05, 3.63) is 23.8 Å². The fourth-order valence-electron chi connectivity index (χ4n) is 1.84. The summed E-state index contributed by atoms with van der Waals surface area (Å²) in [6.45, 7) is 6.53. The zero-order chi connectivity index (χ0) is 15.0. The van der Waals surface area contributed by atoms with Crippen molar-refractivity contribution in [1.82, 2.24) is 5.32 Å². The molecule has 1 aromatic carbocycles. The molecule has 0 saturated carbocycles. The molecule has 0 fully saturated rings. The lowest BCUT2D eigenvalue weighted by Gasteiger charge is -2.16. The largest absolute Gasteiger partial charge is 0.493 e. The minimum Gasteiger partial charge on any atom is -0.493 e. The van der Waals surface area contributed by atoms with Crippen LogP contribution in [0.25, 0.3) is 0 Å². The number of amides is 1. The fourth-order valence-corrected chi connectivity index (χ4v) is 2.65. The molecule has 1 aromatic rings. The van der Waals surface area contributed by atoms with Crippen LogP contribution >= 0.6 is 11.8 Å². The van der Waals surface area contributed by atoms with Crippen molar-refractivity contribution in [2.24, 2.45) is 0 Å². The predicted molar refractivity (Wildman–Crippen MR) is 86.6 cm³/mol. The van der Waals surface area contributed by atoms with Crippen LogP contribution in [0.1, 0.15) is 37.6 Å². The van der Waals surface area contributed by atoms with Crippen LogP contribution in [0.5, 0.6) is 5.75 Å². The summed E-state index contributed by atoms with van der Waals surface area (Å²) in [5, 5.41) is 2.98. The molecule has 1 unspecified atom stereocenters. The van der Waals surface area contributed by atoms with E-state index in [0.717, 1.165) is 17.9 Å². The predicted octanol–water partition coefficient (Wildman–Crippen LogP) is 2.93. The van der Waals surface area contributed by atoms with Crippen LogP contribution in [-0.4, -0.2) is 30.1 Å². The number of ether oxygens (including phenoxy) is 1. The first-order chi connectivity index (χ1) is 9.60. The quantitative estimate of drug-likeness (QED) is 0.572. The third-order valence-electron chi connectivity index (χ3n) is 2.86. The van der Waals surface area contributed by atoms with Crippen molar-refractivity contribution < 1.29 is 9.53 Å². The normalized spacial score (nSPS) is 11.9. The molecular weight excluding hydrogens is 272 g/mol. The Kier molecular flexibility index (Phi) is 7.30. The van der Waals surface area contributed by atoms with Crippen molar-refractivity contribution in [2.45, 2.75) is 33.2 Å². The molecule has 5 heteroatoms. The van der Waals surface area contributed by atoms with Gasteiger partial charge in [0.05, 0.1) is 6.61 Å². The van der Waals surface area contributed by atoms with Gasteiger partial charge in [0.15, 0.2) is 0 Å². The molecule has 0 aromatic heterocycles. The molecule has 0 aliphatic rings. The van der Waals surface area contributed by atoms with E-state index in [9.17, 15) is 4.79 Å². The number of anilines is 1. The van der Waals surface area contributed by atoms with Crippen LogP contribution in [0, 0.1) is 0 Å². The van der Waals surface area contributed by atoms with Crippen molar-refractivity contribution in [2.75, 3.05) is 23.8 Å². The number of nitrogens with one attached hydrogen (secondary N) is 1. The van der Waals surface area contributed by atoms with Gasteiger partial charge in [-0.1, -0.05) is 13.0 Å².